The molecular formula is C24H24ClFN4O3. The van der Waals surface area contributed by atoms with E-state index in [2.05, 4.69) is 5.32 Å². The molecule has 33 heavy (non-hydrogen) atoms. The molecule has 4 rings (SSSR count). The molecule has 1 aromatic heterocycles. The number of nitrogens with two attached hydrogens (primary N) is 1. The lowest BCUT2D eigenvalue weighted by Crippen LogP contribution is -2.48. The maximum atomic E-state index is 14.1. The van der Waals surface area contributed by atoms with Gasteiger partial charge in [0.15, 0.2) is 0 Å². The van der Waals surface area contributed by atoms with Gasteiger partial charge in [-0.1, -0.05) is 41.9 Å². The number of para-hydroxylation sites is 1. The summed E-state index contributed by atoms with van der Waals surface area (Å²) in [5.74, 6) is -1.54. The number of likely N-dealkylation sites (tertiary alicyclic amines) is 1. The zero-order valence-corrected chi connectivity index (χ0v) is 18.8. The molecule has 3 aromatic rings. The first-order valence-electron chi connectivity index (χ1n) is 10.7. The highest BCUT2D eigenvalue weighted by Crippen LogP contribution is 2.29. The lowest BCUT2D eigenvalue weighted by atomic mass is 10.0. The summed E-state index contributed by atoms with van der Waals surface area (Å²) >= 11 is 5.80. The summed E-state index contributed by atoms with van der Waals surface area (Å²) in [4.78, 5) is 39.7. The first-order valence-corrected chi connectivity index (χ1v) is 11.0. The monoisotopic (exact) mass is 470 g/mol. The molecular weight excluding hydrogens is 447 g/mol. The Labute approximate surface area is 195 Å². The Morgan fingerprint density at radius 3 is 2.73 bits per heavy atom. The van der Waals surface area contributed by atoms with Crippen molar-refractivity contribution in [1.82, 2.24) is 14.8 Å². The molecule has 2 aromatic carbocycles. The molecule has 1 saturated heterocycles. The zero-order chi connectivity index (χ0) is 23.7. The Bertz CT molecular complexity index is 1240. The van der Waals surface area contributed by atoms with Gasteiger partial charge in [0.25, 0.3) is 0 Å². The number of halogens is 2. The van der Waals surface area contributed by atoms with Crippen molar-refractivity contribution in [3.63, 3.8) is 0 Å². The molecule has 3 N–H and O–H groups in total. The lowest BCUT2D eigenvalue weighted by Gasteiger charge is -2.26. The molecule has 1 fully saturated rings. The predicted molar refractivity (Wildman–Crippen MR) is 123 cm³/mol. The average molecular weight is 471 g/mol. The summed E-state index contributed by atoms with van der Waals surface area (Å²) in [6.45, 7) is 1.79. The number of amides is 2. The fraction of sp³-hybridized carbons (Fsp3) is 0.292. The minimum absolute atomic E-state index is 0.0184. The van der Waals surface area contributed by atoms with Crippen molar-refractivity contribution in [2.24, 2.45) is 5.73 Å². The summed E-state index contributed by atoms with van der Waals surface area (Å²) in [6, 6.07) is 10.1. The average Bonchev–Trinajstić information content (AvgIpc) is 3.44. The number of nitrogens with zero attached hydrogens (tertiary/aromatic N) is 2. The molecule has 1 unspecified atom stereocenters. The minimum atomic E-state index is -1.03. The third-order valence-corrected chi connectivity index (χ3v) is 6.30. The maximum absolute atomic E-state index is 14.1. The van der Waals surface area contributed by atoms with Crippen LogP contribution in [0.5, 0.6) is 0 Å². The second kappa shape index (κ2) is 9.33. The molecule has 1 aliphatic rings. The van der Waals surface area contributed by atoms with Gasteiger partial charge in [-0.15, -0.1) is 0 Å². The smallest absolute Gasteiger partial charge is 0.244 e. The first-order chi connectivity index (χ1) is 15.8. The Hall–Kier alpha value is -3.23. The zero-order valence-electron chi connectivity index (χ0n) is 18.1. The van der Waals surface area contributed by atoms with Crippen molar-refractivity contribution >= 4 is 40.2 Å². The van der Waals surface area contributed by atoms with Crippen molar-refractivity contribution in [2.45, 2.75) is 38.4 Å². The van der Waals surface area contributed by atoms with Gasteiger partial charge in [-0.3, -0.25) is 19.0 Å². The van der Waals surface area contributed by atoms with Crippen molar-refractivity contribution in [3.05, 3.63) is 70.6 Å². The van der Waals surface area contributed by atoms with Gasteiger partial charge in [0.1, 0.15) is 17.9 Å². The number of rotatable bonds is 5. The third-order valence-electron chi connectivity index (χ3n) is 6.01. The molecule has 0 saturated carbocycles. The van der Waals surface area contributed by atoms with Crippen molar-refractivity contribution in [2.75, 3.05) is 6.54 Å². The highest BCUT2D eigenvalue weighted by Gasteiger charge is 2.37. The van der Waals surface area contributed by atoms with E-state index in [0.717, 1.165) is 0 Å². The van der Waals surface area contributed by atoms with E-state index in [0.29, 0.717) is 35.9 Å². The normalized spacial score (nSPS) is 16.7. The quantitative estimate of drug-likeness (QED) is 0.597. The van der Waals surface area contributed by atoms with Crippen LogP contribution in [0.3, 0.4) is 0 Å². The van der Waals surface area contributed by atoms with E-state index >= 15 is 0 Å². The maximum Gasteiger partial charge on any atom is 0.244 e. The standard InChI is InChI=1S/C24H24ClFN4O3/c1-14(31)30-13-17(16-7-2-3-9-19(16)30)22(27)24(33)29-11-5-10-20(29)23(32)28-12-15-6-4-8-18(25)21(15)26/h2-4,6-9,13,20,22H,5,10-12,27H2,1H3,(H,28,32)/t20-,22?/m0/s1. The van der Waals surface area contributed by atoms with E-state index in [4.69, 9.17) is 17.3 Å². The van der Waals surface area contributed by atoms with Crippen LogP contribution >= 0.6 is 11.6 Å². The fourth-order valence-corrected chi connectivity index (χ4v) is 4.51. The van der Waals surface area contributed by atoms with Crippen LogP contribution in [0.25, 0.3) is 10.9 Å². The molecule has 172 valence electrons. The molecule has 1 aliphatic heterocycles. The van der Waals surface area contributed by atoms with Gasteiger partial charge in [-0.05, 0) is 25.0 Å². The minimum Gasteiger partial charge on any atom is -0.350 e. The number of carbonyl (C=O) groups is 3. The van der Waals surface area contributed by atoms with Crippen LogP contribution in [0, 0.1) is 5.82 Å². The number of benzene rings is 2. The number of hydrogen-bond donors (Lipinski definition) is 2. The van der Waals surface area contributed by atoms with E-state index in [1.807, 2.05) is 18.2 Å². The van der Waals surface area contributed by atoms with E-state index < -0.39 is 23.8 Å². The van der Waals surface area contributed by atoms with E-state index in [1.165, 1.54) is 22.5 Å². The van der Waals surface area contributed by atoms with Crippen molar-refractivity contribution in [3.8, 4) is 0 Å². The summed E-state index contributed by atoms with van der Waals surface area (Å²) in [6.07, 6.45) is 2.72. The second-order valence-corrected chi connectivity index (χ2v) is 8.50. The highest BCUT2D eigenvalue weighted by atomic mass is 35.5. The summed E-state index contributed by atoms with van der Waals surface area (Å²) in [5.41, 5.74) is 7.81. The van der Waals surface area contributed by atoms with Crippen LogP contribution in [0.15, 0.2) is 48.7 Å². The molecule has 0 spiro atoms. The van der Waals surface area contributed by atoms with Gasteiger partial charge in [0.2, 0.25) is 17.7 Å². The molecule has 0 bridgehead atoms. The van der Waals surface area contributed by atoms with Gasteiger partial charge < -0.3 is 16.0 Å². The third kappa shape index (κ3) is 4.36. The van der Waals surface area contributed by atoms with Crippen molar-refractivity contribution in [1.29, 1.82) is 0 Å². The number of aromatic nitrogens is 1. The molecule has 2 heterocycles. The number of fused-ring (bicyclic) bond motifs is 1. The Balaban J connectivity index is 1.52. The van der Waals surface area contributed by atoms with E-state index in [1.54, 1.807) is 24.4 Å². The van der Waals surface area contributed by atoms with Crippen molar-refractivity contribution < 1.29 is 18.8 Å². The van der Waals surface area contributed by atoms with Crippen LogP contribution in [0.1, 0.15) is 41.7 Å². The topological polar surface area (TPSA) is 97.4 Å². The molecule has 2 amide bonds. The van der Waals surface area contributed by atoms with Gasteiger partial charge in [-0.2, -0.15) is 0 Å². The largest absolute Gasteiger partial charge is 0.350 e. The van der Waals surface area contributed by atoms with Crippen LogP contribution in [-0.4, -0.2) is 39.8 Å². The number of carbonyl (C=O) groups excluding carboxylic acids is 3. The number of hydrogen-bond acceptors (Lipinski definition) is 4. The fourth-order valence-electron chi connectivity index (χ4n) is 4.31. The molecule has 0 aliphatic carbocycles. The van der Waals surface area contributed by atoms with E-state index in [9.17, 15) is 18.8 Å². The van der Waals surface area contributed by atoms with Gasteiger partial charge in [0, 0.05) is 42.7 Å². The SMILES string of the molecule is CC(=O)n1cc(C(N)C(=O)N2CCC[C@H]2C(=O)NCc2cccc(Cl)c2F)c2ccccc21. The van der Waals surface area contributed by atoms with Crippen LogP contribution in [0.4, 0.5) is 4.39 Å². The van der Waals surface area contributed by atoms with Crippen LogP contribution < -0.4 is 11.1 Å². The van der Waals surface area contributed by atoms with Gasteiger partial charge in [-0.25, -0.2) is 4.39 Å². The summed E-state index contributed by atoms with van der Waals surface area (Å²) < 4.78 is 15.6. The highest BCUT2D eigenvalue weighted by molar-refractivity contribution is 6.30. The molecule has 0 radical (unpaired) electrons. The molecule has 2 atom stereocenters. The van der Waals surface area contributed by atoms with Gasteiger partial charge in [0.05, 0.1) is 10.5 Å². The lowest BCUT2D eigenvalue weighted by molar-refractivity contribution is -0.139. The molecule has 9 heteroatoms. The van der Waals surface area contributed by atoms with Crippen LogP contribution in [0.2, 0.25) is 5.02 Å². The van der Waals surface area contributed by atoms with Crippen LogP contribution in [-0.2, 0) is 16.1 Å². The Morgan fingerprint density at radius 1 is 1.21 bits per heavy atom. The second-order valence-electron chi connectivity index (χ2n) is 8.09. The summed E-state index contributed by atoms with van der Waals surface area (Å²) in [7, 11) is 0. The van der Waals surface area contributed by atoms with E-state index in [-0.39, 0.29) is 28.9 Å². The number of nitrogens with one attached hydrogen (secondary N) is 1. The molecule has 7 nitrogen and oxygen atoms in total. The predicted octanol–water partition coefficient (Wildman–Crippen LogP) is 3.40. The van der Waals surface area contributed by atoms with Gasteiger partial charge >= 0.3 is 0 Å². The Kier molecular flexibility index (Phi) is 6.49. The Morgan fingerprint density at radius 2 is 1.97 bits per heavy atom. The summed E-state index contributed by atoms with van der Waals surface area (Å²) in [5, 5.41) is 3.39. The first kappa shape index (κ1) is 22.9.